The van der Waals surface area contributed by atoms with Crippen molar-refractivity contribution in [2.24, 2.45) is 5.92 Å². The Labute approximate surface area is 169 Å². The second-order valence-corrected chi connectivity index (χ2v) is 8.40. The summed E-state index contributed by atoms with van der Waals surface area (Å²) in [6, 6.07) is 9.26. The second kappa shape index (κ2) is 7.67. The molecule has 2 aliphatic rings. The molecule has 1 fully saturated rings. The van der Waals surface area contributed by atoms with E-state index < -0.39 is 11.2 Å². The van der Waals surface area contributed by atoms with Gasteiger partial charge in [-0.15, -0.1) is 0 Å². The van der Waals surface area contributed by atoms with E-state index in [-0.39, 0.29) is 17.2 Å². The minimum atomic E-state index is -0.789. The van der Waals surface area contributed by atoms with Gasteiger partial charge in [-0.05, 0) is 49.0 Å². The van der Waals surface area contributed by atoms with Crippen LogP contribution in [0.1, 0.15) is 61.8 Å². The minimum Gasteiger partial charge on any atom is -0.507 e. The van der Waals surface area contributed by atoms with Crippen molar-refractivity contribution in [1.82, 2.24) is 0 Å². The predicted octanol–water partition coefficient (Wildman–Crippen LogP) is 5.66. The van der Waals surface area contributed by atoms with Gasteiger partial charge in [0.2, 0.25) is 0 Å². The van der Waals surface area contributed by atoms with Crippen molar-refractivity contribution in [2.75, 3.05) is 0 Å². The van der Waals surface area contributed by atoms with Crippen LogP contribution in [0.3, 0.4) is 0 Å². The maximum absolute atomic E-state index is 12.9. The SMILES string of the molecule is CCC(Cc1ccc(Cl)cc1)c1cc(O)c(C2(CC3CC3)CC=CO2)c(=O)o1. The van der Waals surface area contributed by atoms with Crippen molar-refractivity contribution < 1.29 is 14.3 Å². The van der Waals surface area contributed by atoms with E-state index in [2.05, 4.69) is 0 Å². The predicted molar refractivity (Wildman–Crippen MR) is 109 cm³/mol. The van der Waals surface area contributed by atoms with Crippen LogP contribution in [0, 0.1) is 5.92 Å². The molecule has 0 radical (unpaired) electrons. The average Bonchev–Trinajstić information content (AvgIpc) is 3.35. The fourth-order valence-electron chi connectivity index (χ4n) is 4.12. The molecular weight excluding hydrogens is 376 g/mol. The molecule has 2 atom stereocenters. The van der Waals surface area contributed by atoms with Gasteiger partial charge in [-0.2, -0.15) is 0 Å². The van der Waals surface area contributed by atoms with Gasteiger partial charge in [0.05, 0.1) is 6.26 Å². The van der Waals surface area contributed by atoms with Crippen LogP contribution in [0.25, 0.3) is 0 Å². The molecule has 0 bridgehead atoms. The summed E-state index contributed by atoms with van der Waals surface area (Å²) in [7, 11) is 0. The average molecular weight is 401 g/mol. The van der Waals surface area contributed by atoms with Crippen LogP contribution < -0.4 is 5.63 Å². The molecule has 4 rings (SSSR count). The molecule has 28 heavy (non-hydrogen) atoms. The Balaban J connectivity index is 1.64. The van der Waals surface area contributed by atoms with Crippen LogP contribution >= 0.6 is 11.6 Å². The van der Waals surface area contributed by atoms with Gasteiger partial charge in [-0.25, -0.2) is 4.79 Å². The Morgan fingerprint density at radius 3 is 2.61 bits per heavy atom. The molecule has 5 heteroatoms. The van der Waals surface area contributed by atoms with Crippen LogP contribution in [0.4, 0.5) is 0 Å². The van der Waals surface area contributed by atoms with E-state index in [1.807, 2.05) is 37.3 Å². The second-order valence-electron chi connectivity index (χ2n) is 7.97. The topological polar surface area (TPSA) is 59.7 Å². The van der Waals surface area contributed by atoms with Crippen molar-refractivity contribution >= 4 is 11.6 Å². The molecule has 1 aliphatic heterocycles. The Morgan fingerprint density at radius 2 is 2.04 bits per heavy atom. The molecule has 0 saturated heterocycles. The first kappa shape index (κ1) is 19.1. The maximum Gasteiger partial charge on any atom is 0.347 e. The summed E-state index contributed by atoms with van der Waals surface area (Å²) in [5.41, 5.74) is 0.0850. The third-order valence-corrected chi connectivity index (χ3v) is 6.10. The van der Waals surface area contributed by atoms with Crippen molar-refractivity contribution in [3.05, 3.63) is 75.0 Å². The molecule has 1 aliphatic carbocycles. The first-order valence-corrected chi connectivity index (χ1v) is 10.3. The van der Waals surface area contributed by atoms with E-state index >= 15 is 0 Å². The highest BCUT2D eigenvalue weighted by molar-refractivity contribution is 6.30. The van der Waals surface area contributed by atoms with E-state index in [0.29, 0.717) is 29.5 Å². The summed E-state index contributed by atoms with van der Waals surface area (Å²) in [6.07, 6.45) is 8.65. The van der Waals surface area contributed by atoms with Crippen molar-refractivity contribution in [1.29, 1.82) is 0 Å². The Kier molecular flexibility index (Phi) is 5.24. The van der Waals surface area contributed by atoms with Gasteiger partial charge in [-0.1, -0.05) is 43.5 Å². The minimum absolute atomic E-state index is 0.00386. The van der Waals surface area contributed by atoms with Crippen LogP contribution in [0.15, 0.2) is 51.9 Å². The molecule has 1 aromatic heterocycles. The number of hydrogen-bond acceptors (Lipinski definition) is 4. The molecule has 148 valence electrons. The number of hydrogen-bond donors (Lipinski definition) is 1. The van der Waals surface area contributed by atoms with Gasteiger partial charge in [0.15, 0.2) is 0 Å². The fraction of sp³-hybridized carbons (Fsp3) is 0.435. The maximum atomic E-state index is 12.9. The zero-order valence-corrected chi connectivity index (χ0v) is 16.7. The number of ether oxygens (including phenoxy) is 1. The van der Waals surface area contributed by atoms with Crippen LogP contribution in [0.2, 0.25) is 5.02 Å². The lowest BCUT2D eigenvalue weighted by atomic mass is 9.85. The highest BCUT2D eigenvalue weighted by Crippen LogP contribution is 2.48. The van der Waals surface area contributed by atoms with Gasteiger partial charge in [-0.3, -0.25) is 0 Å². The summed E-state index contributed by atoms with van der Waals surface area (Å²) in [6.45, 7) is 2.05. The van der Waals surface area contributed by atoms with Gasteiger partial charge in [0, 0.05) is 23.4 Å². The molecule has 0 amide bonds. The van der Waals surface area contributed by atoms with Crippen LogP contribution in [0.5, 0.6) is 5.75 Å². The fourth-order valence-corrected chi connectivity index (χ4v) is 4.24. The summed E-state index contributed by atoms with van der Waals surface area (Å²) in [4.78, 5) is 12.9. The van der Waals surface area contributed by atoms with E-state index in [0.717, 1.165) is 31.2 Å². The first-order valence-electron chi connectivity index (χ1n) is 9.95. The van der Waals surface area contributed by atoms with Gasteiger partial charge in [0.1, 0.15) is 22.7 Å². The summed E-state index contributed by atoms with van der Waals surface area (Å²) < 4.78 is 11.6. The zero-order valence-electron chi connectivity index (χ0n) is 16.0. The standard InChI is InChI=1S/C23H25ClO4/c1-2-17(12-15-6-8-18(24)9-7-15)20-13-19(25)21(22(26)28-20)23(10-3-11-27-23)14-16-4-5-16/h3,6-9,11,13,16-17,25H,2,4-5,10,12,14H2,1H3. The van der Waals surface area contributed by atoms with Gasteiger partial charge < -0.3 is 14.3 Å². The van der Waals surface area contributed by atoms with Crippen LogP contribution in [-0.2, 0) is 16.8 Å². The Hall–Kier alpha value is -2.20. The first-order chi connectivity index (χ1) is 13.5. The molecule has 1 aromatic carbocycles. The highest BCUT2D eigenvalue weighted by Gasteiger charge is 2.45. The lowest BCUT2D eigenvalue weighted by Crippen LogP contribution is -2.32. The van der Waals surface area contributed by atoms with Crippen molar-refractivity contribution in [2.45, 2.75) is 57.0 Å². The van der Waals surface area contributed by atoms with Crippen molar-refractivity contribution in [3.63, 3.8) is 0 Å². The van der Waals surface area contributed by atoms with Crippen molar-refractivity contribution in [3.8, 4) is 5.75 Å². The molecule has 1 N–H and O–H groups in total. The van der Waals surface area contributed by atoms with E-state index in [9.17, 15) is 9.90 Å². The summed E-state index contributed by atoms with van der Waals surface area (Å²) >= 11 is 5.96. The molecule has 0 spiro atoms. The van der Waals surface area contributed by atoms with E-state index in [1.54, 1.807) is 12.3 Å². The number of halogens is 1. The Morgan fingerprint density at radius 1 is 1.29 bits per heavy atom. The number of rotatable bonds is 7. The lowest BCUT2D eigenvalue weighted by Gasteiger charge is -2.29. The molecular formula is C23H25ClO4. The van der Waals surface area contributed by atoms with Gasteiger partial charge >= 0.3 is 5.63 Å². The molecule has 2 heterocycles. The summed E-state index contributed by atoms with van der Waals surface area (Å²) in [5.74, 6) is 1.03. The van der Waals surface area contributed by atoms with Gasteiger partial charge in [0.25, 0.3) is 0 Å². The number of benzene rings is 1. The summed E-state index contributed by atoms with van der Waals surface area (Å²) in [5, 5.41) is 11.5. The Bertz CT molecular complexity index is 917. The van der Waals surface area contributed by atoms with E-state index in [4.69, 9.17) is 20.8 Å². The largest absolute Gasteiger partial charge is 0.507 e. The van der Waals surface area contributed by atoms with Crippen LogP contribution in [-0.4, -0.2) is 5.11 Å². The third-order valence-electron chi connectivity index (χ3n) is 5.85. The highest BCUT2D eigenvalue weighted by atomic mass is 35.5. The molecule has 2 unspecified atom stereocenters. The normalized spacial score (nSPS) is 22.2. The molecule has 1 saturated carbocycles. The zero-order chi connectivity index (χ0) is 19.7. The lowest BCUT2D eigenvalue weighted by molar-refractivity contribution is 0.0210. The quantitative estimate of drug-likeness (QED) is 0.651. The molecule has 2 aromatic rings. The van der Waals surface area contributed by atoms with E-state index in [1.165, 1.54) is 0 Å². The smallest absolute Gasteiger partial charge is 0.347 e. The molecule has 4 nitrogen and oxygen atoms in total. The number of aromatic hydroxyl groups is 1. The third kappa shape index (κ3) is 3.83. The monoisotopic (exact) mass is 400 g/mol.